The van der Waals surface area contributed by atoms with Crippen LogP contribution in [-0.2, 0) is 27.4 Å². The Kier molecular flexibility index (Phi) is 7.77. The van der Waals surface area contributed by atoms with E-state index in [1.807, 2.05) is 0 Å². The van der Waals surface area contributed by atoms with Crippen molar-refractivity contribution in [1.29, 1.82) is 0 Å². The monoisotopic (exact) mass is 428 g/mol. The fourth-order valence-corrected chi connectivity index (χ4v) is 4.73. The highest BCUT2D eigenvalue weighted by atomic mass is 35.5. The van der Waals surface area contributed by atoms with Crippen molar-refractivity contribution in [3.05, 3.63) is 58.8 Å². The Labute approximate surface area is 169 Å². The van der Waals surface area contributed by atoms with Crippen LogP contribution in [0.2, 0.25) is 5.02 Å². The highest BCUT2D eigenvalue weighted by molar-refractivity contribution is 8.07. The zero-order valence-corrected chi connectivity index (χ0v) is 17.9. The minimum atomic E-state index is -3.10. The lowest BCUT2D eigenvalue weighted by Crippen LogP contribution is -2.10. The predicted molar refractivity (Wildman–Crippen MR) is 110 cm³/mol. The van der Waals surface area contributed by atoms with Crippen LogP contribution in [0.1, 0.15) is 35.5 Å². The summed E-state index contributed by atoms with van der Waals surface area (Å²) >= 11 is 11.7. The summed E-state index contributed by atoms with van der Waals surface area (Å²) in [6, 6.07) is 6.81. The number of allylic oxidation sites excluding steroid dienone is 1. The summed E-state index contributed by atoms with van der Waals surface area (Å²) in [5, 5.41) is 4.74. The third-order valence-electron chi connectivity index (χ3n) is 3.50. The van der Waals surface area contributed by atoms with E-state index in [0.717, 1.165) is 0 Å². The maximum atomic E-state index is 13.2. The van der Waals surface area contributed by atoms with E-state index in [2.05, 4.69) is 11.7 Å². The van der Waals surface area contributed by atoms with Crippen LogP contribution in [0.15, 0.2) is 36.9 Å². The maximum Gasteiger partial charge on any atom is 0.381 e. The van der Waals surface area contributed by atoms with E-state index in [9.17, 15) is 4.79 Å². The van der Waals surface area contributed by atoms with Gasteiger partial charge in [-0.1, -0.05) is 29.8 Å². The Hall–Kier alpha value is -1.50. The molecule has 0 unspecified atom stereocenters. The Morgan fingerprint density at radius 1 is 1.33 bits per heavy atom. The number of carbonyl (C=O) groups excluding carboxylic acids is 1. The summed E-state index contributed by atoms with van der Waals surface area (Å²) in [5.41, 5.74) is 1.12. The van der Waals surface area contributed by atoms with Gasteiger partial charge in [0.25, 0.3) is 0 Å². The molecule has 146 valence electrons. The number of benzene rings is 1. The molecule has 0 aliphatic rings. The average molecular weight is 429 g/mol. The highest BCUT2D eigenvalue weighted by Gasteiger charge is 2.31. The fourth-order valence-electron chi connectivity index (χ4n) is 2.45. The molecule has 6 nitrogen and oxygen atoms in total. The molecule has 1 heterocycles. The van der Waals surface area contributed by atoms with E-state index in [-0.39, 0.29) is 17.2 Å². The smallest absolute Gasteiger partial charge is 0.381 e. The summed E-state index contributed by atoms with van der Waals surface area (Å²) in [7, 11) is 0. The third kappa shape index (κ3) is 5.06. The molecule has 9 heteroatoms. The van der Waals surface area contributed by atoms with Crippen LogP contribution in [-0.4, -0.2) is 28.8 Å². The Balaban J connectivity index is 2.58. The molecule has 0 saturated heterocycles. The van der Waals surface area contributed by atoms with E-state index >= 15 is 0 Å². The van der Waals surface area contributed by atoms with Gasteiger partial charge in [0.1, 0.15) is 5.56 Å². The number of ketones is 1. The molecule has 0 radical (unpaired) electrons. The van der Waals surface area contributed by atoms with Gasteiger partial charge in [-0.2, -0.15) is 5.10 Å². The van der Waals surface area contributed by atoms with Crippen LogP contribution >= 0.6 is 18.3 Å². The van der Waals surface area contributed by atoms with Gasteiger partial charge < -0.3 is 4.52 Å². The number of hydrogen-bond acceptors (Lipinski definition) is 6. The molecule has 0 N–H and O–H groups in total. The molecule has 0 amide bonds. The first-order valence-electron chi connectivity index (χ1n) is 8.43. The minimum Gasteiger partial charge on any atom is -0.405 e. The van der Waals surface area contributed by atoms with E-state index in [4.69, 9.17) is 37.0 Å². The number of carbonyl (C=O) groups is 1. The molecule has 0 spiro atoms. The second-order valence-electron chi connectivity index (χ2n) is 5.42. The quantitative estimate of drug-likeness (QED) is 0.303. The largest absolute Gasteiger partial charge is 0.405 e. The molecule has 0 atom stereocenters. The van der Waals surface area contributed by atoms with E-state index in [0.29, 0.717) is 36.0 Å². The van der Waals surface area contributed by atoms with Crippen LogP contribution < -0.4 is 4.52 Å². The zero-order valence-electron chi connectivity index (χ0n) is 15.5. The van der Waals surface area contributed by atoms with Crippen molar-refractivity contribution in [3.63, 3.8) is 0 Å². The molecule has 0 saturated carbocycles. The van der Waals surface area contributed by atoms with Gasteiger partial charge in [0.15, 0.2) is 0 Å². The van der Waals surface area contributed by atoms with Crippen molar-refractivity contribution in [3.8, 4) is 5.88 Å². The zero-order chi connectivity index (χ0) is 20.0. The Bertz CT molecular complexity index is 874. The molecule has 0 fully saturated rings. The van der Waals surface area contributed by atoms with Gasteiger partial charge in [-0.15, -0.1) is 6.58 Å². The lowest BCUT2D eigenvalue weighted by atomic mass is 10.0. The normalized spacial score (nSPS) is 11.4. The minimum absolute atomic E-state index is 0.197. The van der Waals surface area contributed by atoms with Gasteiger partial charge in [0.2, 0.25) is 11.7 Å². The Morgan fingerprint density at radius 3 is 2.52 bits per heavy atom. The summed E-state index contributed by atoms with van der Waals surface area (Å²) in [6.45, 7) is 6.91. The van der Waals surface area contributed by atoms with Crippen molar-refractivity contribution in [2.24, 2.45) is 0 Å². The molecule has 2 aromatic rings. The molecule has 1 aromatic carbocycles. The fraction of sp³-hybridized carbons (Fsp3) is 0.333. The first-order chi connectivity index (χ1) is 12.9. The lowest BCUT2D eigenvalue weighted by Gasteiger charge is -2.22. The second-order valence-corrected chi connectivity index (χ2v) is 8.76. The second kappa shape index (κ2) is 9.62. The van der Waals surface area contributed by atoms with Gasteiger partial charge >= 0.3 is 6.72 Å². The van der Waals surface area contributed by atoms with Gasteiger partial charge in [0, 0.05) is 17.4 Å². The van der Waals surface area contributed by atoms with Crippen molar-refractivity contribution < 1.29 is 18.4 Å². The number of rotatable bonds is 10. The number of aromatic nitrogens is 2. The van der Waals surface area contributed by atoms with Crippen molar-refractivity contribution in [1.82, 2.24) is 9.78 Å². The first kappa shape index (κ1) is 21.8. The highest BCUT2D eigenvalue weighted by Crippen LogP contribution is 2.51. The molecule has 0 aliphatic heterocycles. The van der Waals surface area contributed by atoms with E-state index < -0.39 is 6.72 Å². The SMILES string of the molecule is C=CCn1nc(C)c(C(=O)c2ccccc2Cl)c1OP(=S)(OCC)OCC. The number of halogens is 1. The summed E-state index contributed by atoms with van der Waals surface area (Å²) in [6.07, 6.45) is 1.65. The van der Waals surface area contributed by atoms with E-state index in [1.165, 1.54) is 4.68 Å². The predicted octanol–water partition coefficient (Wildman–Crippen LogP) is 4.94. The maximum absolute atomic E-state index is 13.2. The van der Waals surface area contributed by atoms with Crippen LogP contribution in [0, 0.1) is 6.92 Å². The van der Waals surface area contributed by atoms with Gasteiger partial charge in [-0.3, -0.25) is 13.8 Å². The topological polar surface area (TPSA) is 62.6 Å². The number of nitrogens with zero attached hydrogens (tertiary/aromatic N) is 2. The molecule has 27 heavy (non-hydrogen) atoms. The van der Waals surface area contributed by atoms with Crippen molar-refractivity contribution in [2.45, 2.75) is 27.3 Å². The summed E-state index contributed by atoms with van der Waals surface area (Å²) in [4.78, 5) is 13.2. The van der Waals surface area contributed by atoms with Gasteiger partial charge in [-0.25, -0.2) is 4.68 Å². The van der Waals surface area contributed by atoms with Crippen LogP contribution in [0.5, 0.6) is 5.88 Å². The molecule has 1 aromatic heterocycles. The number of aryl methyl sites for hydroxylation is 1. The summed E-state index contributed by atoms with van der Waals surface area (Å²) in [5.74, 6) is -0.111. The molecular formula is C18H22ClN2O4PS. The summed E-state index contributed by atoms with van der Waals surface area (Å²) < 4.78 is 18.6. The van der Waals surface area contributed by atoms with Crippen LogP contribution in [0.4, 0.5) is 0 Å². The van der Waals surface area contributed by atoms with Crippen LogP contribution in [0.25, 0.3) is 0 Å². The van der Waals surface area contributed by atoms with Crippen LogP contribution in [0.3, 0.4) is 0 Å². The van der Waals surface area contributed by atoms with Crippen molar-refractivity contribution >= 4 is 35.9 Å². The Morgan fingerprint density at radius 2 is 1.96 bits per heavy atom. The molecule has 2 rings (SSSR count). The van der Waals surface area contributed by atoms with Gasteiger partial charge in [0.05, 0.1) is 30.5 Å². The van der Waals surface area contributed by atoms with Gasteiger partial charge in [-0.05, 0) is 32.9 Å². The molecular weight excluding hydrogens is 407 g/mol. The lowest BCUT2D eigenvalue weighted by molar-refractivity contribution is 0.103. The van der Waals surface area contributed by atoms with E-state index in [1.54, 1.807) is 51.1 Å². The van der Waals surface area contributed by atoms with Crippen molar-refractivity contribution in [2.75, 3.05) is 13.2 Å². The number of hydrogen-bond donors (Lipinski definition) is 0. The third-order valence-corrected chi connectivity index (χ3v) is 6.23. The average Bonchev–Trinajstić information content (AvgIpc) is 2.90. The first-order valence-corrected chi connectivity index (χ1v) is 11.4. The molecule has 0 bridgehead atoms. The standard InChI is InChI=1S/C18H22ClN2O4PS/c1-5-12-21-18(25-26(27,23-6-2)24-7-3)16(13(4)20-21)17(22)14-10-8-9-11-15(14)19/h5,8-11H,1,6-7,12H2,2-4H3. The molecule has 0 aliphatic carbocycles.